The summed E-state index contributed by atoms with van der Waals surface area (Å²) in [5, 5.41) is 2.58. The molecule has 0 saturated heterocycles. The SMILES string of the molecule is Cc1nc(S[C@@H](C)C(=O)Nc2ccc(F)c(F)c2)nc(C)c1C. The first-order valence-electron chi connectivity index (χ1n) is 7.02. The van der Waals surface area contributed by atoms with Crippen LogP contribution in [-0.4, -0.2) is 21.1 Å². The van der Waals surface area contributed by atoms with Gasteiger partial charge in [0.2, 0.25) is 5.91 Å². The van der Waals surface area contributed by atoms with Crippen molar-refractivity contribution in [2.24, 2.45) is 0 Å². The van der Waals surface area contributed by atoms with E-state index in [1.165, 1.54) is 17.8 Å². The third-order valence-corrected chi connectivity index (χ3v) is 4.41. The van der Waals surface area contributed by atoms with Crippen molar-refractivity contribution >= 4 is 23.4 Å². The molecule has 7 heteroatoms. The molecule has 2 rings (SSSR count). The van der Waals surface area contributed by atoms with Gasteiger partial charge in [-0.25, -0.2) is 18.7 Å². The number of carbonyl (C=O) groups excluding carboxylic acids is 1. The number of thioether (sulfide) groups is 1. The number of anilines is 1. The minimum absolute atomic E-state index is 0.207. The van der Waals surface area contributed by atoms with Crippen molar-refractivity contribution in [3.8, 4) is 0 Å². The van der Waals surface area contributed by atoms with Crippen molar-refractivity contribution in [2.75, 3.05) is 5.32 Å². The van der Waals surface area contributed by atoms with Crippen LogP contribution in [0.4, 0.5) is 14.5 Å². The number of rotatable bonds is 4. The lowest BCUT2D eigenvalue weighted by atomic mass is 10.2. The van der Waals surface area contributed by atoms with E-state index in [9.17, 15) is 13.6 Å². The number of nitrogens with one attached hydrogen (secondary N) is 1. The molecule has 0 bridgehead atoms. The van der Waals surface area contributed by atoms with E-state index in [4.69, 9.17) is 0 Å². The number of hydrogen-bond donors (Lipinski definition) is 1. The second kappa shape index (κ2) is 7.04. The first kappa shape index (κ1) is 17.3. The Balaban J connectivity index is 2.06. The van der Waals surface area contributed by atoms with E-state index in [0.717, 1.165) is 29.1 Å². The van der Waals surface area contributed by atoms with E-state index in [1.54, 1.807) is 6.92 Å². The molecule has 0 spiro atoms. The molecule has 0 aliphatic heterocycles. The molecule has 23 heavy (non-hydrogen) atoms. The Labute approximate surface area is 137 Å². The highest BCUT2D eigenvalue weighted by molar-refractivity contribution is 8.00. The van der Waals surface area contributed by atoms with Crippen molar-refractivity contribution in [3.05, 3.63) is 46.8 Å². The van der Waals surface area contributed by atoms with Crippen molar-refractivity contribution < 1.29 is 13.6 Å². The average molecular weight is 337 g/mol. The second-order valence-corrected chi connectivity index (χ2v) is 6.49. The molecule has 1 aromatic heterocycles. The van der Waals surface area contributed by atoms with Crippen LogP contribution < -0.4 is 5.32 Å². The summed E-state index contributed by atoms with van der Waals surface area (Å²) in [6.07, 6.45) is 0. The van der Waals surface area contributed by atoms with Crippen molar-refractivity contribution in [2.45, 2.75) is 38.1 Å². The number of carbonyl (C=O) groups is 1. The first-order chi connectivity index (χ1) is 10.8. The molecule has 0 radical (unpaired) electrons. The topological polar surface area (TPSA) is 54.9 Å². The molecular formula is C16H17F2N3OS. The molecule has 1 N–H and O–H groups in total. The van der Waals surface area contributed by atoms with Gasteiger partial charge in [0, 0.05) is 23.1 Å². The largest absolute Gasteiger partial charge is 0.325 e. The zero-order valence-electron chi connectivity index (χ0n) is 13.3. The van der Waals surface area contributed by atoms with Crippen LogP contribution in [0.5, 0.6) is 0 Å². The van der Waals surface area contributed by atoms with Gasteiger partial charge in [-0.3, -0.25) is 4.79 Å². The van der Waals surface area contributed by atoms with Crippen molar-refractivity contribution in [1.82, 2.24) is 9.97 Å². The molecule has 0 fully saturated rings. The van der Waals surface area contributed by atoms with Gasteiger partial charge in [-0.05, 0) is 45.4 Å². The summed E-state index contributed by atoms with van der Waals surface area (Å²) in [7, 11) is 0. The van der Waals surface area contributed by atoms with Crippen LogP contribution in [0.25, 0.3) is 0 Å². The summed E-state index contributed by atoms with van der Waals surface area (Å²) in [4.78, 5) is 20.8. The Hall–Kier alpha value is -2.02. The molecule has 1 amide bonds. The summed E-state index contributed by atoms with van der Waals surface area (Å²) >= 11 is 1.21. The van der Waals surface area contributed by atoms with Gasteiger partial charge in [0.1, 0.15) is 0 Å². The summed E-state index contributed by atoms with van der Waals surface area (Å²) < 4.78 is 26.0. The van der Waals surface area contributed by atoms with Crippen molar-refractivity contribution in [3.63, 3.8) is 0 Å². The molecule has 1 atom stereocenters. The Bertz CT molecular complexity index is 729. The Morgan fingerprint density at radius 2 is 1.74 bits per heavy atom. The zero-order chi connectivity index (χ0) is 17.1. The Kier molecular flexibility index (Phi) is 5.30. The molecule has 1 heterocycles. The van der Waals surface area contributed by atoms with E-state index < -0.39 is 16.9 Å². The standard InChI is InChI=1S/C16H17F2N3OS/c1-8-9(2)19-16(20-10(8)3)23-11(4)15(22)21-12-5-6-13(17)14(18)7-12/h5-7,11H,1-4H3,(H,21,22)/t11-/m0/s1. The number of hydrogen-bond acceptors (Lipinski definition) is 4. The Morgan fingerprint density at radius 1 is 1.13 bits per heavy atom. The normalized spacial score (nSPS) is 12.1. The third-order valence-electron chi connectivity index (χ3n) is 3.45. The maximum atomic E-state index is 13.2. The van der Waals surface area contributed by atoms with Crippen LogP contribution in [0.2, 0.25) is 0 Å². The van der Waals surface area contributed by atoms with Gasteiger partial charge in [-0.1, -0.05) is 11.8 Å². The van der Waals surface area contributed by atoms with Gasteiger partial charge in [0.15, 0.2) is 16.8 Å². The molecule has 4 nitrogen and oxygen atoms in total. The molecule has 0 aliphatic carbocycles. The van der Waals surface area contributed by atoms with Crippen LogP contribution in [0, 0.1) is 32.4 Å². The van der Waals surface area contributed by atoms with Gasteiger partial charge in [0.25, 0.3) is 0 Å². The first-order valence-corrected chi connectivity index (χ1v) is 7.90. The van der Waals surface area contributed by atoms with Crippen LogP contribution >= 0.6 is 11.8 Å². The van der Waals surface area contributed by atoms with Gasteiger partial charge in [0.05, 0.1) is 5.25 Å². The van der Waals surface area contributed by atoms with E-state index in [-0.39, 0.29) is 11.6 Å². The number of benzene rings is 1. The number of nitrogens with zero attached hydrogens (tertiary/aromatic N) is 2. The summed E-state index contributed by atoms with van der Waals surface area (Å²) in [5.41, 5.74) is 2.97. The molecule has 1 aromatic carbocycles. The molecule has 0 aliphatic rings. The number of aromatic nitrogens is 2. The minimum Gasteiger partial charge on any atom is -0.325 e. The highest BCUT2D eigenvalue weighted by Gasteiger charge is 2.17. The predicted octanol–water partition coefficient (Wildman–Crippen LogP) is 3.80. The summed E-state index contributed by atoms with van der Waals surface area (Å²) in [6.45, 7) is 7.42. The molecule has 0 saturated carbocycles. The quantitative estimate of drug-likeness (QED) is 0.681. The fraction of sp³-hybridized carbons (Fsp3) is 0.312. The maximum Gasteiger partial charge on any atom is 0.237 e. The monoisotopic (exact) mass is 337 g/mol. The fourth-order valence-electron chi connectivity index (χ4n) is 1.82. The highest BCUT2D eigenvalue weighted by atomic mass is 32.2. The lowest BCUT2D eigenvalue weighted by Gasteiger charge is -2.12. The predicted molar refractivity (Wildman–Crippen MR) is 86.5 cm³/mol. The number of amides is 1. The molecule has 2 aromatic rings. The van der Waals surface area contributed by atoms with E-state index in [0.29, 0.717) is 5.16 Å². The van der Waals surface area contributed by atoms with Crippen LogP contribution in [0.15, 0.2) is 23.4 Å². The van der Waals surface area contributed by atoms with E-state index >= 15 is 0 Å². The zero-order valence-corrected chi connectivity index (χ0v) is 14.1. The highest BCUT2D eigenvalue weighted by Crippen LogP contribution is 2.23. The molecule has 122 valence electrons. The van der Waals surface area contributed by atoms with Gasteiger partial charge in [-0.2, -0.15) is 0 Å². The molecule has 0 unspecified atom stereocenters. The van der Waals surface area contributed by atoms with Crippen LogP contribution in [0.1, 0.15) is 23.9 Å². The summed E-state index contributed by atoms with van der Waals surface area (Å²) in [5.74, 6) is -2.29. The maximum absolute atomic E-state index is 13.2. The average Bonchev–Trinajstić information content (AvgIpc) is 2.48. The van der Waals surface area contributed by atoms with E-state index in [2.05, 4.69) is 15.3 Å². The van der Waals surface area contributed by atoms with Crippen LogP contribution in [-0.2, 0) is 4.79 Å². The van der Waals surface area contributed by atoms with Gasteiger partial charge in [-0.15, -0.1) is 0 Å². The lowest BCUT2D eigenvalue weighted by molar-refractivity contribution is -0.115. The fourth-order valence-corrected chi connectivity index (χ4v) is 2.69. The summed E-state index contributed by atoms with van der Waals surface area (Å²) in [6, 6.07) is 3.23. The van der Waals surface area contributed by atoms with Gasteiger partial charge < -0.3 is 5.32 Å². The van der Waals surface area contributed by atoms with E-state index in [1.807, 2.05) is 20.8 Å². The number of halogens is 2. The number of aryl methyl sites for hydroxylation is 2. The second-order valence-electron chi connectivity index (χ2n) is 5.18. The Morgan fingerprint density at radius 3 is 2.30 bits per heavy atom. The van der Waals surface area contributed by atoms with Crippen LogP contribution in [0.3, 0.4) is 0 Å². The lowest BCUT2D eigenvalue weighted by Crippen LogP contribution is -2.23. The van der Waals surface area contributed by atoms with Gasteiger partial charge >= 0.3 is 0 Å². The minimum atomic E-state index is -1.00. The van der Waals surface area contributed by atoms with Crippen molar-refractivity contribution in [1.29, 1.82) is 0 Å². The third kappa shape index (κ3) is 4.25. The smallest absolute Gasteiger partial charge is 0.237 e. The molecular weight excluding hydrogens is 320 g/mol.